The summed E-state index contributed by atoms with van der Waals surface area (Å²) in [6.45, 7) is 3.39. The SMILES string of the molecule is CC1(O)CCN(CC(=O)Nc2ccc(S(N)(=O)=O)cc2)CC1. The highest BCUT2D eigenvalue weighted by atomic mass is 32.2. The molecule has 22 heavy (non-hydrogen) atoms. The molecule has 1 amide bonds. The molecule has 2 rings (SSSR count). The van der Waals surface area contributed by atoms with Gasteiger partial charge in [-0.1, -0.05) is 0 Å². The zero-order chi connectivity index (χ0) is 16.4. The van der Waals surface area contributed by atoms with Crippen molar-refractivity contribution < 1.29 is 18.3 Å². The maximum atomic E-state index is 12.0. The second-order valence-corrected chi connectivity index (χ2v) is 7.45. The van der Waals surface area contributed by atoms with Gasteiger partial charge in [0.1, 0.15) is 0 Å². The fourth-order valence-corrected chi connectivity index (χ4v) is 2.84. The number of nitrogens with one attached hydrogen (secondary N) is 1. The van der Waals surface area contributed by atoms with Gasteiger partial charge < -0.3 is 10.4 Å². The van der Waals surface area contributed by atoms with Crippen molar-refractivity contribution >= 4 is 21.6 Å². The molecule has 0 saturated carbocycles. The van der Waals surface area contributed by atoms with Crippen molar-refractivity contribution in [2.24, 2.45) is 5.14 Å². The fourth-order valence-electron chi connectivity index (χ4n) is 2.32. The van der Waals surface area contributed by atoms with Gasteiger partial charge in [-0.05, 0) is 44.0 Å². The summed E-state index contributed by atoms with van der Waals surface area (Å²) in [6, 6.07) is 5.70. The normalized spacial score (nSPS) is 18.9. The van der Waals surface area contributed by atoms with Crippen LogP contribution >= 0.6 is 0 Å². The number of rotatable bonds is 4. The van der Waals surface area contributed by atoms with Crippen LogP contribution in [-0.2, 0) is 14.8 Å². The molecule has 0 aromatic heterocycles. The topological polar surface area (TPSA) is 113 Å². The molecule has 1 aromatic carbocycles. The summed E-state index contributed by atoms with van der Waals surface area (Å²) in [6.07, 6.45) is 1.28. The van der Waals surface area contributed by atoms with Crippen LogP contribution < -0.4 is 10.5 Å². The first-order chi connectivity index (χ1) is 10.2. The van der Waals surface area contributed by atoms with Crippen LogP contribution in [-0.4, -0.2) is 49.6 Å². The molecule has 0 atom stereocenters. The molecule has 1 aliphatic rings. The predicted molar refractivity (Wildman–Crippen MR) is 82.7 cm³/mol. The number of nitrogens with two attached hydrogens (primary N) is 1. The Morgan fingerprint density at radius 2 is 1.86 bits per heavy atom. The van der Waals surface area contributed by atoms with Crippen LogP contribution in [0.1, 0.15) is 19.8 Å². The van der Waals surface area contributed by atoms with Crippen molar-refractivity contribution in [3.8, 4) is 0 Å². The molecule has 0 spiro atoms. The standard InChI is InChI=1S/C14H21N3O4S/c1-14(19)6-8-17(9-7-14)10-13(18)16-11-2-4-12(5-3-11)22(15,20)21/h2-5,19H,6-10H2,1H3,(H,16,18)(H2,15,20,21). The third-order valence-corrected chi connectivity index (χ3v) is 4.70. The first-order valence-electron chi connectivity index (χ1n) is 7.03. The Kier molecular flexibility index (Phi) is 4.86. The van der Waals surface area contributed by atoms with E-state index in [0.29, 0.717) is 31.6 Å². The highest BCUT2D eigenvalue weighted by Gasteiger charge is 2.27. The van der Waals surface area contributed by atoms with Crippen molar-refractivity contribution in [2.75, 3.05) is 25.0 Å². The first-order valence-corrected chi connectivity index (χ1v) is 8.58. The van der Waals surface area contributed by atoms with Crippen molar-refractivity contribution in [1.29, 1.82) is 0 Å². The summed E-state index contributed by atoms with van der Waals surface area (Å²) in [4.78, 5) is 13.9. The van der Waals surface area contributed by atoms with Crippen molar-refractivity contribution in [3.05, 3.63) is 24.3 Å². The van der Waals surface area contributed by atoms with Crippen molar-refractivity contribution in [1.82, 2.24) is 4.90 Å². The smallest absolute Gasteiger partial charge is 0.238 e. The number of benzene rings is 1. The zero-order valence-corrected chi connectivity index (χ0v) is 13.3. The molecule has 0 unspecified atom stereocenters. The van der Waals surface area contributed by atoms with Gasteiger partial charge >= 0.3 is 0 Å². The second-order valence-electron chi connectivity index (χ2n) is 5.89. The third kappa shape index (κ3) is 4.77. The predicted octanol–water partition coefficient (Wildman–Crippen LogP) is 0.119. The van der Waals surface area contributed by atoms with E-state index in [1.165, 1.54) is 24.3 Å². The van der Waals surface area contributed by atoms with Crippen LogP contribution in [0.5, 0.6) is 0 Å². The Hall–Kier alpha value is -1.48. The minimum absolute atomic E-state index is 0.00348. The van der Waals surface area contributed by atoms with Crippen molar-refractivity contribution in [3.63, 3.8) is 0 Å². The van der Waals surface area contributed by atoms with E-state index in [4.69, 9.17) is 5.14 Å². The monoisotopic (exact) mass is 327 g/mol. The number of carbonyl (C=O) groups is 1. The lowest BCUT2D eigenvalue weighted by molar-refractivity contribution is -0.118. The van der Waals surface area contributed by atoms with Gasteiger partial charge in [-0.2, -0.15) is 0 Å². The van der Waals surface area contributed by atoms with E-state index in [9.17, 15) is 18.3 Å². The Bertz CT molecular complexity index is 631. The molecule has 1 aliphatic heterocycles. The van der Waals surface area contributed by atoms with E-state index in [1.807, 2.05) is 4.90 Å². The minimum Gasteiger partial charge on any atom is -0.390 e. The van der Waals surface area contributed by atoms with Gasteiger partial charge in [0.2, 0.25) is 15.9 Å². The van der Waals surface area contributed by atoms with E-state index in [-0.39, 0.29) is 17.3 Å². The van der Waals surface area contributed by atoms with Gasteiger partial charge in [0, 0.05) is 18.8 Å². The number of amides is 1. The summed E-state index contributed by atoms with van der Waals surface area (Å²) in [5.41, 5.74) is -0.127. The van der Waals surface area contributed by atoms with E-state index in [1.54, 1.807) is 6.92 Å². The summed E-state index contributed by atoms with van der Waals surface area (Å²) in [5, 5.41) is 17.6. The number of anilines is 1. The Morgan fingerprint density at radius 3 is 2.36 bits per heavy atom. The molecule has 8 heteroatoms. The summed E-state index contributed by atoms with van der Waals surface area (Å²) >= 11 is 0. The first kappa shape index (κ1) is 16.9. The molecule has 1 saturated heterocycles. The average molecular weight is 327 g/mol. The largest absolute Gasteiger partial charge is 0.390 e. The van der Waals surface area contributed by atoms with Gasteiger partial charge in [0.25, 0.3) is 0 Å². The summed E-state index contributed by atoms with van der Waals surface area (Å²) < 4.78 is 22.3. The van der Waals surface area contributed by atoms with Crippen LogP contribution in [0.4, 0.5) is 5.69 Å². The van der Waals surface area contributed by atoms with E-state index < -0.39 is 15.6 Å². The number of carbonyl (C=O) groups excluding carboxylic acids is 1. The molecule has 7 nitrogen and oxygen atoms in total. The molecule has 1 aromatic rings. The number of hydrogen-bond acceptors (Lipinski definition) is 5. The van der Waals surface area contributed by atoms with Crippen LogP contribution in [0.25, 0.3) is 0 Å². The molecule has 0 radical (unpaired) electrons. The molecule has 1 heterocycles. The summed E-state index contributed by atoms with van der Waals surface area (Å²) in [7, 11) is -3.73. The fraction of sp³-hybridized carbons (Fsp3) is 0.500. The highest BCUT2D eigenvalue weighted by molar-refractivity contribution is 7.89. The maximum absolute atomic E-state index is 12.0. The molecular formula is C14H21N3O4S. The van der Waals surface area contributed by atoms with Gasteiger partial charge in [-0.3, -0.25) is 9.69 Å². The number of piperidine rings is 1. The Balaban J connectivity index is 1.87. The Morgan fingerprint density at radius 1 is 1.32 bits per heavy atom. The number of primary sulfonamides is 1. The maximum Gasteiger partial charge on any atom is 0.238 e. The van der Waals surface area contributed by atoms with Crippen LogP contribution in [0.3, 0.4) is 0 Å². The highest BCUT2D eigenvalue weighted by Crippen LogP contribution is 2.21. The Labute approximate surface area is 130 Å². The number of aliphatic hydroxyl groups is 1. The second kappa shape index (κ2) is 6.33. The lowest BCUT2D eigenvalue weighted by atomic mass is 9.94. The molecule has 4 N–H and O–H groups in total. The molecule has 122 valence electrons. The lowest BCUT2D eigenvalue weighted by Crippen LogP contribution is -2.45. The molecule has 1 fully saturated rings. The van der Waals surface area contributed by atoms with Crippen LogP contribution in [0.15, 0.2) is 29.2 Å². The van der Waals surface area contributed by atoms with Gasteiger partial charge in [0.15, 0.2) is 0 Å². The van der Waals surface area contributed by atoms with E-state index >= 15 is 0 Å². The van der Waals surface area contributed by atoms with Crippen molar-refractivity contribution in [2.45, 2.75) is 30.3 Å². The number of likely N-dealkylation sites (tertiary alicyclic amines) is 1. The molecule has 0 aliphatic carbocycles. The lowest BCUT2D eigenvalue weighted by Gasteiger charge is -2.35. The van der Waals surface area contributed by atoms with Gasteiger partial charge in [-0.15, -0.1) is 0 Å². The van der Waals surface area contributed by atoms with Gasteiger partial charge in [-0.25, -0.2) is 13.6 Å². The van der Waals surface area contributed by atoms with Crippen LogP contribution in [0.2, 0.25) is 0 Å². The zero-order valence-electron chi connectivity index (χ0n) is 12.4. The molecular weight excluding hydrogens is 306 g/mol. The van der Waals surface area contributed by atoms with E-state index in [2.05, 4.69) is 5.32 Å². The van der Waals surface area contributed by atoms with Gasteiger partial charge in [0.05, 0.1) is 17.0 Å². The number of hydrogen-bond donors (Lipinski definition) is 3. The number of nitrogens with zero attached hydrogens (tertiary/aromatic N) is 1. The van der Waals surface area contributed by atoms with Crippen LogP contribution in [0, 0.1) is 0 Å². The average Bonchev–Trinajstić information content (AvgIpc) is 2.41. The molecule has 0 bridgehead atoms. The van der Waals surface area contributed by atoms with E-state index in [0.717, 1.165) is 0 Å². The summed E-state index contributed by atoms with van der Waals surface area (Å²) in [5.74, 6) is -0.176. The third-order valence-electron chi connectivity index (χ3n) is 3.77. The quantitative estimate of drug-likeness (QED) is 0.727. The minimum atomic E-state index is -3.73. The number of sulfonamides is 1.